The topological polar surface area (TPSA) is 48.3 Å². The fraction of sp³-hybridized carbons (Fsp3) is 0.259. The summed E-state index contributed by atoms with van der Waals surface area (Å²) in [7, 11) is 0. The van der Waals surface area contributed by atoms with Crippen LogP contribution in [0.25, 0.3) is 21.7 Å². The van der Waals surface area contributed by atoms with Crippen molar-refractivity contribution in [3.63, 3.8) is 0 Å². The molecule has 0 aliphatic carbocycles. The molecule has 4 rings (SSSR count). The first-order valence-corrected chi connectivity index (χ1v) is 10.9. The first-order chi connectivity index (χ1) is 15.1. The Morgan fingerprint density at radius 2 is 1.55 bits per heavy atom. The number of carbonyl (C=O) groups excluding carboxylic acids is 2. The second kappa shape index (κ2) is 9.17. The Labute approximate surface area is 182 Å². The summed E-state index contributed by atoms with van der Waals surface area (Å²) < 4.78 is 7.88. The van der Waals surface area contributed by atoms with E-state index in [9.17, 15) is 9.59 Å². The number of unbranched alkanes of at least 4 members (excludes halogenated alkanes) is 2. The largest absolute Gasteiger partial charge is 0.485 e. The molecule has 0 atom stereocenters. The molecule has 0 aliphatic rings. The molecule has 0 amide bonds. The summed E-state index contributed by atoms with van der Waals surface area (Å²) in [6, 6.07) is 19.4. The molecule has 158 valence electrons. The number of hydrogen-bond donors (Lipinski definition) is 0. The average molecular weight is 414 g/mol. The Morgan fingerprint density at radius 1 is 0.839 bits per heavy atom. The van der Waals surface area contributed by atoms with Crippen molar-refractivity contribution in [2.24, 2.45) is 0 Å². The number of rotatable bonds is 9. The Hall–Kier alpha value is -3.40. The zero-order valence-corrected chi connectivity index (χ0v) is 18.1. The van der Waals surface area contributed by atoms with E-state index in [-0.39, 0.29) is 18.2 Å². The smallest absolute Gasteiger partial charge is 0.195 e. The third-order valence-electron chi connectivity index (χ3n) is 5.60. The molecule has 0 radical (unpaired) electrons. The molecular formula is C27H27NO3. The number of hydrogen-bond acceptors (Lipinski definition) is 3. The molecule has 0 unspecified atom stereocenters. The maximum Gasteiger partial charge on any atom is 0.195 e. The number of para-hydroxylation sites is 1. The number of fused-ring (bicyclic) bond motifs is 2. The van der Waals surface area contributed by atoms with Crippen LogP contribution < -0.4 is 4.74 Å². The molecule has 0 bridgehead atoms. The summed E-state index contributed by atoms with van der Waals surface area (Å²) in [5.74, 6) is 0.573. The number of aryl methyl sites for hydroxylation is 1. The molecule has 4 nitrogen and oxygen atoms in total. The molecule has 0 saturated heterocycles. The van der Waals surface area contributed by atoms with Gasteiger partial charge in [0.1, 0.15) is 12.4 Å². The SMILES string of the molecule is CCCCCn1cc(C(=O)c2ccc(OCC(C)=O)c3ccccc23)c2ccccc21. The second-order valence-electron chi connectivity index (χ2n) is 7.94. The maximum atomic E-state index is 13.7. The maximum absolute atomic E-state index is 13.7. The van der Waals surface area contributed by atoms with Crippen LogP contribution in [0.2, 0.25) is 0 Å². The van der Waals surface area contributed by atoms with Gasteiger partial charge in [0.05, 0.1) is 0 Å². The molecule has 0 N–H and O–H groups in total. The molecule has 4 heteroatoms. The van der Waals surface area contributed by atoms with Crippen molar-refractivity contribution in [3.8, 4) is 5.75 Å². The normalized spacial score (nSPS) is 11.2. The lowest BCUT2D eigenvalue weighted by atomic mass is 9.96. The van der Waals surface area contributed by atoms with Gasteiger partial charge in [0, 0.05) is 40.2 Å². The van der Waals surface area contributed by atoms with Gasteiger partial charge in [-0.2, -0.15) is 0 Å². The minimum absolute atomic E-state index is 0.000223. The number of ether oxygens (including phenoxy) is 1. The van der Waals surface area contributed by atoms with Crippen LogP contribution in [0.4, 0.5) is 0 Å². The summed E-state index contributed by atoms with van der Waals surface area (Å²) in [5.41, 5.74) is 2.45. The van der Waals surface area contributed by atoms with Gasteiger partial charge in [0.25, 0.3) is 0 Å². The van der Waals surface area contributed by atoms with Gasteiger partial charge >= 0.3 is 0 Å². The third kappa shape index (κ3) is 4.24. The highest BCUT2D eigenvalue weighted by Crippen LogP contribution is 2.32. The molecule has 1 aromatic heterocycles. The van der Waals surface area contributed by atoms with Crippen molar-refractivity contribution < 1.29 is 14.3 Å². The van der Waals surface area contributed by atoms with Gasteiger partial charge in [-0.3, -0.25) is 9.59 Å². The van der Waals surface area contributed by atoms with E-state index in [4.69, 9.17) is 4.74 Å². The zero-order valence-electron chi connectivity index (χ0n) is 18.1. The number of Topliss-reactive ketones (excluding diaryl/α,β-unsaturated/α-hetero) is 1. The average Bonchev–Trinajstić information content (AvgIpc) is 3.16. The van der Waals surface area contributed by atoms with Crippen LogP contribution in [0.5, 0.6) is 5.75 Å². The van der Waals surface area contributed by atoms with E-state index in [1.165, 1.54) is 13.3 Å². The molecule has 0 aliphatic heterocycles. The van der Waals surface area contributed by atoms with Crippen LogP contribution in [0.3, 0.4) is 0 Å². The fourth-order valence-corrected chi connectivity index (χ4v) is 4.06. The number of aromatic nitrogens is 1. The molecule has 0 fully saturated rings. The quantitative estimate of drug-likeness (QED) is 0.243. The predicted molar refractivity (Wildman–Crippen MR) is 125 cm³/mol. The lowest BCUT2D eigenvalue weighted by Crippen LogP contribution is -2.08. The summed E-state index contributed by atoms with van der Waals surface area (Å²) in [6.45, 7) is 4.61. The molecular weight excluding hydrogens is 386 g/mol. The highest BCUT2D eigenvalue weighted by atomic mass is 16.5. The Bertz CT molecular complexity index is 1250. The van der Waals surface area contributed by atoms with Gasteiger partial charge < -0.3 is 9.30 Å². The first-order valence-electron chi connectivity index (χ1n) is 10.9. The van der Waals surface area contributed by atoms with E-state index in [1.54, 1.807) is 6.07 Å². The molecule has 31 heavy (non-hydrogen) atoms. The van der Waals surface area contributed by atoms with E-state index >= 15 is 0 Å². The summed E-state index contributed by atoms with van der Waals surface area (Å²) in [4.78, 5) is 25.0. The number of ketones is 2. The lowest BCUT2D eigenvalue weighted by Gasteiger charge is -2.11. The van der Waals surface area contributed by atoms with E-state index in [0.717, 1.165) is 46.6 Å². The Kier molecular flexibility index (Phi) is 6.17. The Morgan fingerprint density at radius 3 is 2.29 bits per heavy atom. The van der Waals surface area contributed by atoms with Crippen molar-refractivity contribution >= 4 is 33.2 Å². The predicted octanol–water partition coefficient (Wildman–Crippen LogP) is 6.18. The van der Waals surface area contributed by atoms with Crippen molar-refractivity contribution in [1.29, 1.82) is 0 Å². The number of benzene rings is 3. The third-order valence-corrected chi connectivity index (χ3v) is 5.60. The molecule has 0 saturated carbocycles. The standard InChI is InChI=1S/C27H27NO3/c1-3-4-9-16-28-17-24(21-11-7-8-13-25(21)28)27(30)23-14-15-26(31-18-19(2)29)22-12-6-5-10-20(22)23/h5-8,10-15,17H,3-4,9,16,18H2,1-2H3. The Balaban J connectivity index is 1.77. The lowest BCUT2D eigenvalue weighted by molar-refractivity contribution is -0.118. The number of nitrogens with zero attached hydrogens (tertiary/aromatic N) is 1. The van der Waals surface area contributed by atoms with Crippen LogP contribution in [0, 0.1) is 0 Å². The van der Waals surface area contributed by atoms with Crippen molar-refractivity contribution in [2.45, 2.75) is 39.7 Å². The minimum atomic E-state index is -0.0416. The highest BCUT2D eigenvalue weighted by Gasteiger charge is 2.19. The summed E-state index contributed by atoms with van der Waals surface area (Å²) >= 11 is 0. The highest BCUT2D eigenvalue weighted by molar-refractivity contribution is 6.21. The van der Waals surface area contributed by atoms with Gasteiger partial charge in [-0.25, -0.2) is 0 Å². The van der Waals surface area contributed by atoms with Gasteiger partial charge in [-0.05, 0) is 36.9 Å². The van der Waals surface area contributed by atoms with Crippen LogP contribution in [-0.2, 0) is 11.3 Å². The van der Waals surface area contributed by atoms with Gasteiger partial charge in [-0.15, -0.1) is 0 Å². The van der Waals surface area contributed by atoms with Gasteiger partial charge in [0.15, 0.2) is 11.6 Å². The molecule has 4 aromatic rings. The van der Waals surface area contributed by atoms with E-state index < -0.39 is 0 Å². The van der Waals surface area contributed by atoms with Crippen LogP contribution in [0.15, 0.2) is 66.9 Å². The van der Waals surface area contributed by atoms with E-state index in [1.807, 2.05) is 54.7 Å². The molecule has 1 heterocycles. The number of carbonyl (C=O) groups is 2. The molecule has 3 aromatic carbocycles. The van der Waals surface area contributed by atoms with Crippen LogP contribution in [0.1, 0.15) is 49.0 Å². The minimum Gasteiger partial charge on any atom is -0.485 e. The molecule has 0 spiro atoms. The monoisotopic (exact) mass is 413 g/mol. The first kappa shape index (κ1) is 20.9. The second-order valence-corrected chi connectivity index (χ2v) is 7.94. The zero-order chi connectivity index (χ0) is 21.8. The van der Waals surface area contributed by atoms with E-state index in [2.05, 4.69) is 17.6 Å². The van der Waals surface area contributed by atoms with Crippen molar-refractivity contribution in [1.82, 2.24) is 4.57 Å². The van der Waals surface area contributed by atoms with Gasteiger partial charge in [-0.1, -0.05) is 62.2 Å². The van der Waals surface area contributed by atoms with Gasteiger partial charge in [0.2, 0.25) is 0 Å². The fourth-order valence-electron chi connectivity index (χ4n) is 4.06. The van der Waals surface area contributed by atoms with Crippen molar-refractivity contribution in [2.75, 3.05) is 6.61 Å². The summed E-state index contributed by atoms with van der Waals surface area (Å²) in [5, 5.41) is 2.64. The van der Waals surface area contributed by atoms with Crippen LogP contribution >= 0.6 is 0 Å². The van der Waals surface area contributed by atoms with E-state index in [0.29, 0.717) is 11.3 Å². The van der Waals surface area contributed by atoms with Crippen LogP contribution in [-0.4, -0.2) is 22.7 Å². The summed E-state index contributed by atoms with van der Waals surface area (Å²) in [6.07, 6.45) is 5.42. The van der Waals surface area contributed by atoms with Crippen molar-refractivity contribution in [3.05, 3.63) is 78.0 Å².